The lowest BCUT2D eigenvalue weighted by atomic mass is 10.2. The Morgan fingerprint density at radius 1 is 1.16 bits per heavy atom. The molecule has 0 radical (unpaired) electrons. The largest absolute Gasteiger partial charge is 0.508 e. The standard InChI is InChI=1S/C14H11Br2NO2/c15-10-4-5-12(13(16)7-10)14(19)17-8-9-2-1-3-11(18)6-9/h1-7,18H,8H2,(H,17,19). The highest BCUT2D eigenvalue weighted by molar-refractivity contribution is 9.11. The van der Waals surface area contributed by atoms with Crippen LogP contribution in [0.3, 0.4) is 0 Å². The molecule has 0 aliphatic heterocycles. The van der Waals surface area contributed by atoms with Crippen LogP contribution in [0.4, 0.5) is 0 Å². The van der Waals surface area contributed by atoms with Crippen molar-refractivity contribution in [3.63, 3.8) is 0 Å². The van der Waals surface area contributed by atoms with E-state index in [-0.39, 0.29) is 11.7 Å². The summed E-state index contributed by atoms with van der Waals surface area (Å²) >= 11 is 6.69. The van der Waals surface area contributed by atoms with Crippen LogP contribution < -0.4 is 5.32 Å². The van der Waals surface area contributed by atoms with Crippen molar-refractivity contribution in [2.75, 3.05) is 0 Å². The molecule has 3 nitrogen and oxygen atoms in total. The summed E-state index contributed by atoms with van der Waals surface area (Å²) in [4.78, 5) is 12.0. The second kappa shape index (κ2) is 6.21. The summed E-state index contributed by atoms with van der Waals surface area (Å²) in [5.74, 6) is 0.0271. The van der Waals surface area contributed by atoms with Gasteiger partial charge in [0.2, 0.25) is 0 Å². The second-order valence-corrected chi connectivity index (χ2v) is 5.75. The van der Waals surface area contributed by atoms with Gasteiger partial charge in [-0.05, 0) is 51.8 Å². The number of carbonyl (C=O) groups is 1. The van der Waals surface area contributed by atoms with Gasteiger partial charge in [-0.25, -0.2) is 0 Å². The number of carbonyl (C=O) groups excluding carboxylic acids is 1. The minimum absolute atomic E-state index is 0.164. The van der Waals surface area contributed by atoms with Gasteiger partial charge in [0.1, 0.15) is 5.75 Å². The predicted molar refractivity (Wildman–Crippen MR) is 81.1 cm³/mol. The summed E-state index contributed by atoms with van der Waals surface area (Å²) in [6.07, 6.45) is 0. The zero-order valence-electron chi connectivity index (χ0n) is 9.86. The molecule has 0 aromatic heterocycles. The van der Waals surface area contributed by atoms with Gasteiger partial charge >= 0.3 is 0 Å². The van der Waals surface area contributed by atoms with Crippen LogP contribution in [0.1, 0.15) is 15.9 Å². The summed E-state index contributed by atoms with van der Waals surface area (Å²) in [5, 5.41) is 12.2. The van der Waals surface area contributed by atoms with Crippen molar-refractivity contribution >= 4 is 37.8 Å². The lowest BCUT2D eigenvalue weighted by Crippen LogP contribution is -2.23. The predicted octanol–water partition coefficient (Wildman–Crippen LogP) is 3.85. The average Bonchev–Trinajstić information content (AvgIpc) is 2.36. The molecule has 0 bridgehead atoms. The molecule has 0 aliphatic rings. The molecule has 2 rings (SSSR count). The zero-order valence-corrected chi connectivity index (χ0v) is 13.0. The molecule has 0 unspecified atom stereocenters. The Kier molecular flexibility index (Phi) is 4.61. The summed E-state index contributed by atoms with van der Waals surface area (Å²) < 4.78 is 1.64. The number of halogens is 2. The lowest BCUT2D eigenvalue weighted by molar-refractivity contribution is 0.0950. The normalized spacial score (nSPS) is 10.2. The number of hydrogen-bond acceptors (Lipinski definition) is 2. The van der Waals surface area contributed by atoms with Crippen molar-refractivity contribution < 1.29 is 9.90 Å². The molecule has 1 amide bonds. The number of amides is 1. The SMILES string of the molecule is O=C(NCc1cccc(O)c1)c1ccc(Br)cc1Br. The number of aromatic hydroxyl groups is 1. The van der Waals surface area contributed by atoms with Crippen molar-refractivity contribution in [1.82, 2.24) is 5.32 Å². The molecule has 2 aromatic carbocycles. The molecule has 98 valence electrons. The van der Waals surface area contributed by atoms with E-state index in [1.54, 1.807) is 24.3 Å². The molecule has 0 spiro atoms. The minimum atomic E-state index is -0.164. The first kappa shape index (κ1) is 14.1. The van der Waals surface area contributed by atoms with Crippen LogP contribution in [0.2, 0.25) is 0 Å². The first-order chi connectivity index (χ1) is 9.06. The molecule has 0 saturated carbocycles. The van der Waals surface area contributed by atoms with Gasteiger partial charge in [0.15, 0.2) is 0 Å². The minimum Gasteiger partial charge on any atom is -0.508 e. The van der Waals surface area contributed by atoms with Crippen LogP contribution in [0.15, 0.2) is 51.4 Å². The third kappa shape index (κ3) is 3.81. The molecule has 2 aromatic rings. The van der Waals surface area contributed by atoms with E-state index in [1.165, 1.54) is 0 Å². The van der Waals surface area contributed by atoms with Crippen molar-refractivity contribution in [2.24, 2.45) is 0 Å². The fraction of sp³-hybridized carbons (Fsp3) is 0.0714. The van der Waals surface area contributed by atoms with Crippen LogP contribution in [0, 0.1) is 0 Å². The molecule has 5 heteroatoms. The van der Waals surface area contributed by atoms with Gasteiger partial charge in [-0.15, -0.1) is 0 Å². The third-order valence-corrected chi connectivity index (χ3v) is 3.69. The highest BCUT2D eigenvalue weighted by Crippen LogP contribution is 2.22. The molecule has 2 N–H and O–H groups in total. The summed E-state index contributed by atoms with van der Waals surface area (Å²) in [6, 6.07) is 12.2. The second-order valence-electron chi connectivity index (χ2n) is 3.98. The topological polar surface area (TPSA) is 49.3 Å². The van der Waals surface area contributed by atoms with E-state index >= 15 is 0 Å². The van der Waals surface area contributed by atoms with Gasteiger partial charge in [-0.3, -0.25) is 4.79 Å². The highest BCUT2D eigenvalue weighted by Gasteiger charge is 2.09. The maximum absolute atomic E-state index is 12.0. The Hall–Kier alpha value is -1.33. The molecule has 19 heavy (non-hydrogen) atoms. The molecular weight excluding hydrogens is 374 g/mol. The quantitative estimate of drug-likeness (QED) is 0.844. The summed E-state index contributed by atoms with van der Waals surface area (Å²) in [7, 11) is 0. The van der Waals surface area contributed by atoms with Crippen molar-refractivity contribution in [3.05, 3.63) is 62.5 Å². The number of hydrogen-bond donors (Lipinski definition) is 2. The lowest BCUT2D eigenvalue weighted by Gasteiger charge is -2.07. The summed E-state index contributed by atoms with van der Waals surface area (Å²) in [6.45, 7) is 0.371. The molecule has 0 saturated heterocycles. The molecule has 0 aliphatic carbocycles. The van der Waals surface area contributed by atoms with Crippen LogP contribution in [0.5, 0.6) is 5.75 Å². The van der Waals surface area contributed by atoms with Gasteiger partial charge in [-0.2, -0.15) is 0 Å². The Bertz CT molecular complexity index is 614. The van der Waals surface area contributed by atoms with Gasteiger partial charge in [-0.1, -0.05) is 28.1 Å². The van der Waals surface area contributed by atoms with E-state index in [1.807, 2.05) is 18.2 Å². The van der Waals surface area contributed by atoms with E-state index in [2.05, 4.69) is 37.2 Å². The van der Waals surface area contributed by atoms with Crippen molar-refractivity contribution in [2.45, 2.75) is 6.54 Å². The molecule has 0 fully saturated rings. The first-order valence-corrected chi connectivity index (χ1v) is 7.16. The van der Waals surface area contributed by atoms with Crippen molar-refractivity contribution in [1.29, 1.82) is 0 Å². The van der Waals surface area contributed by atoms with Gasteiger partial charge in [0.05, 0.1) is 5.56 Å². The Labute approximate surface area is 127 Å². The average molecular weight is 385 g/mol. The highest BCUT2D eigenvalue weighted by atomic mass is 79.9. The number of benzene rings is 2. The van der Waals surface area contributed by atoms with Crippen molar-refractivity contribution in [3.8, 4) is 5.75 Å². The molecule has 0 atom stereocenters. The Morgan fingerprint density at radius 3 is 2.63 bits per heavy atom. The molecular formula is C14H11Br2NO2. The van der Waals surface area contributed by atoms with E-state index < -0.39 is 0 Å². The van der Waals surface area contributed by atoms with Gasteiger partial charge in [0, 0.05) is 15.5 Å². The van der Waals surface area contributed by atoms with Gasteiger partial charge < -0.3 is 10.4 Å². The van der Waals surface area contributed by atoms with E-state index in [4.69, 9.17) is 0 Å². The first-order valence-electron chi connectivity index (χ1n) is 5.57. The number of phenolic OH excluding ortho intramolecular Hbond substituents is 1. The van der Waals surface area contributed by atoms with Crippen LogP contribution in [-0.2, 0) is 6.54 Å². The fourth-order valence-electron chi connectivity index (χ4n) is 1.62. The van der Waals surface area contributed by atoms with Crippen LogP contribution in [-0.4, -0.2) is 11.0 Å². The van der Waals surface area contributed by atoms with Gasteiger partial charge in [0.25, 0.3) is 5.91 Å². The number of phenols is 1. The third-order valence-electron chi connectivity index (χ3n) is 2.54. The van der Waals surface area contributed by atoms with E-state index in [0.29, 0.717) is 12.1 Å². The maximum atomic E-state index is 12.0. The Balaban J connectivity index is 2.05. The number of nitrogens with one attached hydrogen (secondary N) is 1. The molecule has 0 heterocycles. The van der Waals surface area contributed by atoms with E-state index in [9.17, 15) is 9.90 Å². The smallest absolute Gasteiger partial charge is 0.252 e. The van der Waals surface area contributed by atoms with Crippen LogP contribution >= 0.6 is 31.9 Å². The summed E-state index contributed by atoms with van der Waals surface area (Å²) in [5.41, 5.74) is 1.42. The number of rotatable bonds is 3. The monoisotopic (exact) mass is 383 g/mol. The van der Waals surface area contributed by atoms with E-state index in [0.717, 1.165) is 14.5 Å². The zero-order chi connectivity index (χ0) is 13.8. The Morgan fingerprint density at radius 2 is 1.95 bits per heavy atom. The fourth-order valence-corrected chi connectivity index (χ4v) is 2.84. The van der Waals surface area contributed by atoms with Crippen LogP contribution in [0.25, 0.3) is 0 Å². The maximum Gasteiger partial charge on any atom is 0.252 e.